The number of thiol groups is 1. The Bertz CT molecular complexity index is 2800. The predicted octanol–water partition coefficient (Wildman–Crippen LogP) is 12.8. The van der Waals surface area contributed by atoms with E-state index in [2.05, 4.69) is 194 Å². The van der Waals surface area contributed by atoms with Crippen molar-refractivity contribution in [2.75, 3.05) is 0 Å². The van der Waals surface area contributed by atoms with E-state index in [1.165, 1.54) is 64.5 Å². The molecule has 0 aliphatic heterocycles. The van der Waals surface area contributed by atoms with E-state index in [4.69, 9.17) is 43.5 Å². The first-order valence-corrected chi connectivity index (χ1v) is 30.1. The minimum atomic E-state index is -1.38. The first kappa shape index (κ1) is 48.5. The molecule has 0 amide bonds. The molecule has 67 heavy (non-hydrogen) atoms. The van der Waals surface area contributed by atoms with Crippen molar-refractivity contribution < 1.29 is 15.1 Å². The Morgan fingerprint density at radius 1 is 0.343 bits per heavy atom. The third-order valence-electron chi connectivity index (χ3n) is 12.0. The number of hydrogen-bond acceptors (Lipinski definition) is 3. The van der Waals surface area contributed by atoms with Crippen molar-refractivity contribution in [3.63, 3.8) is 0 Å². The Labute approximate surface area is 419 Å². The van der Waals surface area contributed by atoms with Crippen LogP contribution in [-0.4, -0.2) is 0 Å². The summed E-state index contributed by atoms with van der Waals surface area (Å²) in [5.74, 6) is 0. The summed E-state index contributed by atoms with van der Waals surface area (Å²) in [5.41, 5.74) is 17.1. The van der Waals surface area contributed by atoms with Crippen LogP contribution < -0.4 is 43.3 Å². The van der Waals surface area contributed by atoms with Crippen LogP contribution in [0.3, 0.4) is 0 Å². The second kappa shape index (κ2) is 24.4. The van der Waals surface area contributed by atoms with Gasteiger partial charge in [0.25, 0.3) is 0 Å². The normalized spacial score (nSPS) is 12.0. The number of halogens is 2. The summed E-state index contributed by atoms with van der Waals surface area (Å²) in [6.45, 7) is 0. The van der Waals surface area contributed by atoms with Crippen molar-refractivity contribution >= 4 is 101 Å². The molecule has 0 aliphatic carbocycles. The second-order valence-corrected chi connectivity index (χ2v) is 24.1. The van der Waals surface area contributed by atoms with Crippen LogP contribution in [0.15, 0.2) is 255 Å². The molecule has 2 atom stereocenters. The van der Waals surface area contributed by atoms with Crippen molar-refractivity contribution in [1.82, 2.24) is 0 Å². The molecule has 0 radical (unpaired) electrons. The molecule has 0 heterocycles. The van der Waals surface area contributed by atoms with Crippen molar-refractivity contribution in [2.45, 2.75) is 17.3 Å². The Hall–Kier alpha value is -4.95. The average Bonchev–Trinajstić information content (AvgIpc) is 3.40. The van der Waals surface area contributed by atoms with Crippen LogP contribution in [0.1, 0.15) is 39.6 Å². The van der Waals surface area contributed by atoms with Crippen LogP contribution in [0.5, 0.6) is 0 Å². The first-order valence-electron chi connectivity index (χ1n) is 22.1. The molecule has 0 aromatic heterocycles. The second-order valence-electron chi connectivity index (χ2n) is 16.0. The van der Waals surface area contributed by atoms with Gasteiger partial charge in [-0.3, -0.25) is 0 Å². The molecule has 8 heteroatoms. The van der Waals surface area contributed by atoms with E-state index in [-0.39, 0.29) is 32.5 Å². The Morgan fingerprint density at radius 2 is 0.597 bits per heavy atom. The zero-order chi connectivity index (χ0) is 46.4. The van der Waals surface area contributed by atoms with Crippen molar-refractivity contribution in [2.24, 2.45) is 11.5 Å². The third-order valence-corrected chi connectivity index (χ3v) is 18.1. The van der Waals surface area contributed by atoms with Gasteiger partial charge in [-0.15, -0.1) is 0 Å². The standard InChI is InChI=1S/C45H34P2S.C14H16N2.2ClH.Ru/c48-45(43-39-27-15-13-17-33(39)29-31-41(43)46(35-19-5-1-6-20-35)36-21-7-2-8-22-36)44-40-28-16-14-18-34(40)30-32-42(44)47(37-23-9-3-10-24-37)38-25-11-4-12-26-38;15-13(11-7-3-1-4-8-11)14(16)12-9-5-2-6-10-12;;;/h1-32,45,48H;1-10,13-14H,15-16H2;2*1H;/q;;;;+4. The van der Waals surface area contributed by atoms with Crippen LogP contribution in [-0.2, 0) is 15.1 Å². The molecule has 332 valence electrons. The van der Waals surface area contributed by atoms with E-state index < -0.39 is 15.8 Å². The molecule has 0 spiro atoms. The molecule has 0 saturated carbocycles. The van der Waals surface area contributed by atoms with E-state index >= 15 is 0 Å². The van der Waals surface area contributed by atoms with Gasteiger partial charge in [0.05, 0.1) is 21.1 Å². The Kier molecular flexibility index (Phi) is 17.6. The van der Waals surface area contributed by atoms with E-state index in [1.54, 1.807) is 0 Å². The van der Waals surface area contributed by atoms with Crippen molar-refractivity contribution in [3.8, 4) is 0 Å². The summed E-state index contributed by atoms with van der Waals surface area (Å²) in [5, 5.41) is 13.2. The molecule has 0 bridgehead atoms. The van der Waals surface area contributed by atoms with E-state index in [0.29, 0.717) is 0 Å². The molecule has 2 unspecified atom stereocenters. The molecule has 4 N–H and O–H groups in total. The van der Waals surface area contributed by atoms with Gasteiger partial charge in [-0.1, -0.05) is 194 Å². The van der Waals surface area contributed by atoms with Gasteiger partial charge in [0.2, 0.25) is 0 Å². The van der Waals surface area contributed by atoms with Crippen molar-refractivity contribution in [3.05, 3.63) is 277 Å². The molecular formula is C59H52Cl2N2P2RuS+4. The number of hydrogen-bond donors (Lipinski definition) is 3. The molecule has 2 nitrogen and oxygen atoms in total. The van der Waals surface area contributed by atoms with Gasteiger partial charge >= 0.3 is 34.5 Å². The van der Waals surface area contributed by atoms with Crippen LogP contribution in [0.25, 0.3) is 21.5 Å². The SMILES string of the molecule is NC(c1ccccc1)C(N)c1ccccc1.SC(c1c([PH+](c2ccccc2)c2ccccc2)ccc2ccccc12)c1c([PH+](c2ccccc2)c2ccccc2)ccc2ccccc12.[Cl][Ru+2][Cl]. The van der Waals surface area contributed by atoms with Crippen LogP contribution >= 0.6 is 47.9 Å². The molecule has 10 rings (SSSR count). The van der Waals surface area contributed by atoms with E-state index in [0.717, 1.165) is 11.1 Å². The van der Waals surface area contributed by atoms with E-state index in [1.807, 2.05) is 60.7 Å². The fraction of sp³-hybridized carbons (Fsp3) is 0.0508. The zero-order valence-electron chi connectivity index (χ0n) is 36.7. The minimum absolute atomic E-state index is 0.160. The maximum atomic E-state index is 6.15. The zero-order valence-corrected chi connectivity index (χ0v) is 42.8. The number of nitrogens with two attached hydrogens (primary N) is 2. The van der Waals surface area contributed by atoms with Crippen molar-refractivity contribution in [1.29, 1.82) is 0 Å². The molecule has 0 aliphatic rings. The number of rotatable bonds is 11. The summed E-state index contributed by atoms with van der Waals surface area (Å²) >= 11 is 5.43. The predicted molar refractivity (Wildman–Crippen MR) is 297 cm³/mol. The Morgan fingerprint density at radius 3 is 0.896 bits per heavy atom. The summed E-state index contributed by atoms with van der Waals surface area (Å²) in [6.07, 6.45) is 0. The topological polar surface area (TPSA) is 52.0 Å². The summed E-state index contributed by atoms with van der Waals surface area (Å²) in [6, 6.07) is 91.2. The van der Waals surface area contributed by atoms with Gasteiger partial charge < -0.3 is 11.5 Å². The van der Waals surface area contributed by atoms with Gasteiger partial charge in [0.1, 0.15) is 31.8 Å². The molecule has 0 saturated heterocycles. The van der Waals surface area contributed by atoms with Gasteiger partial charge in [0, 0.05) is 23.2 Å². The number of fused-ring (bicyclic) bond motifs is 2. The van der Waals surface area contributed by atoms with Gasteiger partial charge in [-0.25, -0.2) is 0 Å². The first-order chi connectivity index (χ1) is 33.0. The summed E-state index contributed by atoms with van der Waals surface area (Å²) in [7, 11) is 6.95. The fourth-order valence-corrected chi connectivity index (χ4v) is 15.3. The molecule has 0 fully saturated rings. The van der Waals surface area contributed by atoms with E-state index in [9.17, 15) is 0 Å². The quantitative estimate of drug-likeness (QED) is 0.0687. The van der Waals surface area contributed by atoms with Gasteiger partial charge in [-0.2, -0.15) is 12.6 Å². The average molecular weight is 1060 g/mol. The molecule has 10 aromatic rings. The summed E-state index contributed by atoms with van der Waals surface area (Å²) < 4.78 is 0. The van der Waals surface area contributed by atoms with Crippen LogP contribution in [0.2, 0.25) is 0 Å². The monoisotopic (exact) mass is 1050 g/mol. The Balaban J connectivity index is 0.000000268. The van der Waals surface area contributed by atoms with Crippen LogP contribution in [0.4, 0.5) is 0 Å². The van der Waals surface area contributed by atoms with Crippen LogP contribution in [0, 0.1) is 0 Å². The third kappa shape index (κ3) is 11.7. The molecule has 10 aromatic carbocycles. The maximum absolute atomic E-state index is 6.15. The molecular weight excluding hydrogens is 1000 g/mol. The van der Waals surface area contributed by atoms with Gasteiger partial charge in [-0.05, 0) is 93.3 Å². The van der Waals surface area contributed by atoms with Gasteiger partial charge in [0.15, 0.2) is 0 Å². The summed E-state index contributed by atoms with van der Waals surface area (Å²) in [4.78, 5) is 0. The fourth-order valence-electron chi connectivity index (χ4n) is 8.90. The number of benzene rings is 10.